The maximum Gasteiger partial charge on any atom is 0.250 e. The smallest absolute Gasteiger partial charge is 0.250 e. The van der Waals surface area contributed by atoms with Crippen molar-refractivity contribution < 1.29 is 13.7 Å². The molecule has 5 nitrogen and oxygen atoms in total. The van der Waals surface area contributed by atoms with E-state index in [-0.39, 0.29) is 11.0 Å². The first-order chi connectivity index (χ1) is 13.6. The van der Waals surface area contributed by atoms with E-state index in [1.165, 1.54) is 0 Å². The summed E-state index contributed by atoms with van der Waals surface area (Å²) >= 11 is 0. The molecular weight excluding hydrogens is 380 g/mol. The minimum absolute atomic E-state index is 0.118. The lowest BCUT2D eigenvalue weighted by Crippen LogP contribution is -2.43. The van der Waals surface area contributed by atoms with E-state index in [9.17, 15) is 5.26 Å². The van der Waals surface area contributed by atoms with Gasteiger partial charge in [-0.1, -0.05) is 38.1 Å². The fourth-order valence-electron chi connectivity index (χ4n) is 2.90. The zero-order chi connectivity index (χ0) is 21.2. The third kappa shape index (κ3) is 4.46. The van der Waals surface area contributed by atoms with Crippen LogP contribution in [-0.2, 0) is 6.42 Å². The molecule has 1 unspecified atom stereocenters. The van der Waals surface area contributed by atoms with Gasteiger partial charge in [0.15, 0.2) is 5.58 Å². The molecule has 1 aromatic heterocycles. The SMILES string of the molecule is COc1ccc(C(C#N)Cc2noc3cc(O[Si](C)(C)C(C)(C)C)ccc23)cc1. The lowest BCUT2D eigenvalue weighted by Gasteiger charge is -2.36. The number of hydrogen-bond acceptors (Lipinski definition) is 5. The minimum atomic E-state index is -1.93. The zero-order valence-corrected chi connectivity index (χ0v) is 18.9. The Hall–Kier alpha value is -2.78. The van der Waals surface area contributed by atoms with Gasteiger partial charge in [-0.3, -0.25) is 0 Å². The largest absolute Gasteiger partial charge is 0.543 e. The fraction of sp³-hybridized carbons (Fsp3) is 0.391. The van der Waals surface area contributed by atoms with E-state index < -0.39 is 8.32 Å². The second-order valence-corrected chi connectivity index (χ2v) is 13.5. The Morgan fingerprint density at radius 1 is 1.10 bits per heavy atom. The molecule has 1 atom stereocenters. The summed E-state index contributed by atoms with van der Waals surface area (Å²) in [5.41, 5.74) is 2.39. The van der Waals surface area contributed by atoms with E-state index in [0.717, 1.165) is 28.1 Å². The Bertz CT molecular complexity index is 1030. The number of ether oxygens (including phenoxy) is 1. The number of hydrogen-bond donors (Lipinski definition) is 0. The van der Waals surface area contributed by atoms with Crippen molar-refractivity contribution in [2.45, 2.75) is 51.2 Å². The van der Waals surface area contributed by atoms with Crippen molar-refractivity contribution in [2.24, 2.45) is 0 Å². The second-order valence-electron chi connectivity index (χ2n) is 8.81. The number of aromatic nitrogens is 1. The molecule has 0 aliphatic carbocycles. The lowest BCUT2D eigenvalue weighted by molar-refractivity contribution is 0.414. The van der Waals surface area contributed by atoms with Crippen LogP contribution in [0.15, 0.2) is 47.0 Å². The molecule has 0 spiro atoms. The van der Waals surface area contributed by atoms with Crippen LogP contribution >= 0.6 is 0 Å². The summed E-state index contributed by atoms with van der Waals surface area (Å²) in [4.78, 5) is 0. The third-order valence-corrected chi connectivity index (χ3v) is 10.1. The molecule has 0 aliphatic heterocycles. The van der Waals surface area contributed by atoms with E-state index >= 15 is 0 Å². The highest BCUT2D eigenvalue weighted by molar-refractivity contribution is 6.74. The Morgan fingerprint density at radius 3 is 2.34 bits per heavy atom. The van der Waals surface area contributed by atoms with Crippen molar-refractivity contribution in [1.29, 1.82) is 5.26 Å². The quantitative estimate of drug-likeness (QED) is 0.463. The van der Waals surface area contributed by atoms with Crippen LogP contribution in [0.5, 0.6) is 11.5 Å². The molecule has 0 radical (unpaired) electrons. The Morgan fingerprint density at radius 2 is 1.76 bits per heavy atom. The normalized spacial score (nSPS) is 13.1. The van der Waals surface area contributed by atoms with Crippen LogP contribution in [0.3, 0.4) is 0 Å². The molecule has 3 rings (SSSR count). The summed E-state index contributed by atoms with van der Waals surface area (Å²) in [5, 5.41) is 14.9. The summed E-state index contributed by atoms with van der Waals surface area (Å²) in [6.07, 6.45) is 0.484. The number of nitrogens with zero attached hydrogens (tertiary/aromatic N) is 2. The van der Waals surface area contributed by atoms with Crippen LogP contribution in [-0.4, -0.2) is 20.6 Å². The maximum absolute atomic E-state index is 9.67. The molecule has 3 aromatic rings. The van der Waals surface area contributed by atoms with Crippen molar-refractivity contribution in [1.82, 2.24) is 5.16 Å². The molecule has 2 aromatic carbocycles. The predicted octanol–water partition coefficient (Wildman–Crippen LogP) is 6.07. The highest BCUT2D eigenvalue weighted by Crippen LogP contribution is 2.38. The van der Waals surface area contributed by atoms with Gasteiger partial charge in [-0.15, -0.1) is 0 Å². The van der Waals surface area contributed by atoms with Crippen LogP contribution in [0, 0.1) is 11.3 Å². The van der Waals surface area contributed by atoms with Crippen LogP contribution in [0.2, 0.25) is 18.1 Å². The first-order valence-electron chi connectivity index (χ1n) is 9.75. The topological polar surface area (TPSA) is 68.3 Å². The average molecular weight is 409 g/mol. The fourth-order valence-corrected chi connectivity index (χ4v) is 3.92. The Labute approximate surface area is 173 Å². The number of methoxy groups -OCH3 is 1. The number of rotatable bonds is 6. The van der Waals surface area contributed by atoms with Crippen molar-refractivity contribution in [3.05, 3.63) is 53.7 Å². The highest BCUT2D eigenvalue weighted by atomic mass is 28.4. The van der Waals surface area contributed by atoms with E-state index in [0.29, 0.717) is 12.0 Å². The van der Waals surface area contributed by atoms with Crippen molar-refractivity contribution >= 4 is 19.3 Å². The maximum atomic E-state index is 9.67. The van der Waals surface area contributed by atoms with Gasteiger partial charge in [0.05, 0.1) is 24.8 Å². The third-order valence-electron chi connectivity index (χ3n) is 5.77. The van der Waals surface area contributed by atoms with Crippen LogP contribution in [0.1, 0.15) is 37.9 Å². The van der Waals surface area contributed by atoms with Gasteiger partial charge in [0.2, 0.25) is 8.32 Å². The second kappa shape index (κ2) is 7.92. The molecule has 0 fully saturated rings. The summed E-state index contributed by atoms with van der Waals surface area (Å²) in [7, 11) is -0.299. The van der Waals surface area contributed by atoms with Gasteiger partial charge in [0.25, 0.3) is 0 Å². The molecule has 0 saturated heterocycles. The van der Waals surface area contributed by atoms with Gasteiger partial charge in [-0.25, -0.2) is 0 Å². The van der Waals surface area contributed by atoms with Crippen LogP contribution in [0.25, 0.3) is 11.0 Å². The van der Waals surface area contributed by atoms with E-state index in [1.807, 2.05) is 42.5 Å². The molecule has 152 valence electrons. The average Bonchev–Trinajstić information content (AvgIpc) is 3.07. The summed E-state index contributed by atoms with van der Waals surface area (Å²) in [5.74, 6) is 1.27. The van der Waals surface area contributed by atoms with Crippen LogP contribution < -0.4 is 9.16 Å². The summed E-state index contributed by atoms with van der Waals surface area (Å²) < 4.78 is 17.1. The molecule has 6 heteroatoms. The number of benzene rings is 2. The van der Waals surface area contributed by atoms with Gasteiger partial charge in [0, 0.05) is 17.9 Å². The van der Waals surface area contributed by atoms with E-state index in [4.69, 9.17) is 13.7 Å². The van der Waals surface area contributed by atoms with Crippen molar-refractivity contribution in [3.8, 4) is 17.6 Å². The minimum Gasteiger partial charge on any atom is -0.543 e. The Kier molecular flexibility index (Phi) is 5.72. The van der Waals surface area contributed by atoms with Gasteiger partial charge in [-0.05, 0) is 48.0 Å². The first kappa shape index (κ1) is 20.9. The molecule has 0 saturated carbocycles. The number of fused-ring (bicyclic) bond motifs is 1. The van der Waals surface area contributed by atoms with Gasteiger partial charge >= 0.3 is 0 Å². The molecule has 29 heavy (non-hydrogen) atoms. The molecule has 0 N–H and O–H groups in total. The van der Waals surface area contributed by atoms with E-state index in [2.05, 4.69) is 45.1 Å². The molecule has 0 amide bonds. The van der Waals surface area contributed by atoms with E-state index in [1.54, 1.807) is 7.11 Å². The van der Waals surface area contributed by atoms with Gasteiger partial charge < -0.3 is 13.7 Å². The Balaban J connectivity index is 1.83. The molecule has 0 bridgehead atoms. The van der Waals surface area contributed by atoms with Crippen LogP contribution in [0.4, 0.5) is 0 Å². The highest BCUT2D eigenvalue weighted by Gasteiger charge is 2.39. The van der Waals surface area contributed by atoms with Crippen molar-refractivity contribution in [2.75, 3.05) is 7.11 Å². The number of nitriles is 1. The summed E-state index contributed by atoms with van der Waals surface area (Å²) in [6.45, 7) is 11.1. The summed E-state index contributed by atoms with van der Waals surface area (Å²) in [6, 6.07) is 15.8. The van der Waals surface area contributed by atoms with Gasteiger partial charge in [0.1, 0.15) is 11.5 Å². The molecule has 0 aliphatic rings. The zero-order valence-electron chi connectivity index (χ0n) is 17.9. The standard InChI is InChI=1S/C23H28N2O3Si/c1-23(2,3)29(5,6)28-19-11-12-20-21(25-27-22(20)14-19)13-17(15-24)16-7-9-18(26-4)10-8-16/h7-12,14,17H,13H2,1-6H3. The van der Waals surface area contributed by atoms with Crippen molar-refractivity contribution in [3.63, 3.8) is 0 Å². The monoisotopic (exact) mass is 408 g/mol. The molecular formula is C23H28N2O3Si. The van der Waals surface area contributed by atoms with Gasteiger partial charge in [-0.2, -0.15) is 5.26 Å². The molecule has 1 heterocycles. The lowest BCUT2D eigenvalue weighted by atomic mass is 9.94. The predicted molar refractivity (Wildman–Crippen MR) is 117 cm³/mol. The first-order valence-corrected chi connectivity index (χ1v) is 12.7.